The monoisotopic (exact) mass is 266 g/mol. The quantitative estimate of drug-likeness (QED) is 0.620. The fraction of sp³-hybridized carbons (Fsp3) is 0.714. The number of ether oxygens (including phenoxy) is 1. The molecule has 2 saturated heterocycles. The molecule has 0 aromatic rings. The van der Waals surface area contributed by atoms with E-state index in [1.807, 2.05) is 0 Å². The highest BCUT2D eigenvalue weighted by molar-refractivity contribution is 8.19. The van der Waals surface area contributed by atoms with Crippen LogP contribution in [0.2, 0.25) is 0 Å². The molecule has 2 heterocycles. The van der Waals surface area contributed by atoms with Gasteiger partial charge in [0.15, 0.2) is 0 Å². The lowest BCUT2D eigenvalue weighted by Gasteiger charge is -2.46. The van der Waals surface area contributed by atoms with Crippen LogP contribution in [0.5, 0.6) is 0 Å². The van der Waals surface area contributed by atoms with Crippen molar-refractivity contribution in [1.29, 1.82) is 0 Å². The van der Waals surface area contributed by atoms with Crippen LogP contribution in [0, 0.1) is 5.92 Å². The highest BCUT2D eigenvalue weighted by Gasteiger charge is 2.50. The highest BCUT2D eigenvalue weighted by atomic mass is 32.2. The summed E-state index contributed by atoms with van der Waals surface area (Å²) in [6.07, 6.45) is 10.5. The van der Waals surface area contributed by atoms with Crippen molar-refractivity contribution in [3.8, 4) is 0 Å². The molecule has 2 atom stereocenters. The predicted octanol–water partition coefficient (Wildman–Crippen LogP) is 3.62. The maximum Gasteiger partial charge on any atom is 0.0828 e. The molecule has 0 radical (unpaired) electrons. The molecule has 17 heavy (non-hydrogen) atoms. The van der Waals surface area contributed by atoms with E-state index < -0.39 is 0 Å². The molecule has 4 aliphatic rings. The van der Waals surface area contributed by atoms with Gasteiger partial charge in [0, 0.05) is 5.92 Å². The molecule has 2 aliphatic carbocycles. The van der Waals surface area contributed by atoms with E-state index >= 15 is 0 Å². The lowest BCUT2D eigenvalue weighted by atomic mass is 9.75. The average molecular weight is 266 g/mol. The van der Waals surface area contributed by atoms with Gasteiger partial charge in [0.1, 0.15) is 0 Å². The molecule has 3 heteroatoms. The molecular formula is C14H18OS2. The number of hydrogen-bond donors (Lipinski definition) is 0. The van der Waals surface area contributed by atoms with Gasteiger partial charge in [-0.15, -0.1) is 23.5 Å². The van der Waals surface area contributed by atoms with E-state index in [-0.39, 0.29) is 0 Å². The van der Waals surface area contributed by atoms with Crippen LogP contribution in [0.4, 0.5) is 0 Å². The highest BCUT2D eigenvalue weighted by Crippen LogP contribution is 2.59. The van der Waals surface area contributed by atoms with Gasteiger partial charge in [0.25, 0.3) is 0 Å². The van der Waals surface area contributed by atoms with Gasteiger partial charge in [0.05, 0.1) is 16.8 Å². The van der Waals surface area contributed by atoms with Gasteiger partial charge in [-0.3, -0.25) is 0 Å². The zero-order valence-corrected chi connectivity index (χ0v) is 11.6. The number of rotatable bonds is 0. The fourth-order valence-corrected chi connectivity index (χ4v) is 7.21. The first-order valence-electron chi connectivity index (χ1n) is 6.68. The van der Waals surface area contributed by atoms with Gasteiger partial charge < -0.3 is 4.74 Å². The summed E-state index contributed by atoms with van der Waals surface area (Å²) in [4.78, 5) is 0. The minimum atomic E-state index is 0.423. The Morgan fingerprint density at radius 1 is 1.24 bits per heavy atom. The van der Waals surface area contributed by atoms with E-state index in [2.05, 4.69) is 35.7 Å². The van der Waals surface area contributed by atoms with Crippen molar-refractivity contribution in [3.05, 3.63) is 23.3 Å². The average Bonchev–Trinajstić information content (AvgIpc) is 2.80. The van der Waals surface area contributed by atoms with Gasteiger partial charge >= 0.3 is 0 Å². The molecule has 0 aromatic carbocycles. The van der Waals surface area contributed by atoms with E-state index in [0.717, 1.165) is 13.0 Å². The molecule has 0 bridgehead atoms. The zero-order valence-electron chi connectivity index (χ0n) is 9.98. The number of fused-ring (bicyclic) bond motifs is 1. The minimum Gasteiger partial charge on any atom is -0.373 e. The molecule has 0 N–H and O–H groups in total. The molecule has 2 aliphatic heterocycles. The third-order valence-corrected chi connectivity index (χ3v) is 7.95. The largest absolute Gasteiger partial charge is 0.373 e. The van der Waals surface area contributed by atoms with Crippen molar-refractivity contribution in [2.24, 2.45) is 5.92 Å². The minimum absolute atomic E-state index is 0.423. The first-order valence-corrected chi connectivity index (χ1v) is 8.65. The maximum atomic E-state index is 5.98. The number of thioether (sulfide) groups is 2. The third kappa shape index (κ3) is 1.58. The number of allylic oxidation sites excluding steroid dienone is 2. The molecule has 1 saturated carbocycles. The number of hydrogen-bond acceptors (Lipinski definition) is 3. The first kappa shape index (κ1) is 11.0. The molecular weight excluding hydrogens is 248 g/mol. The van der Waals surface area contributed by atoms with Crippen LogP contribution in [-0.2, 0) is 4.74 Å². The van der Waals surface area contributed by atoms with Crippen LogP contribution >= 0.6 is 23.5 Å². The molecule has 0 amide bonds. The Morgan fingerprint density at radius 2 is 2.12 bits per heavy atom. The topological polar surface area (TPSA) is 9.23 Å². The first-order chi connectivity index (χ1) is 8.39. The van der Waals surface area contributed by atoms with E-state index in [0.29, 0.717) is 16.1 Å². The van der Waals surface area contributed by atoms with Crippen LogP contribution in [-0.4, -0.2) is 28.3 Å². The van der Waals surface area contributed by atoms with Gasteiger partial charge in [0.2, 0.25) is 0 Å². The molecule has 0 unspecified atom stereocenters. The summed E-state index contributed by atoms with van der Waals surface area (Å²) in [5.41, 5.74) is 3.30. The van der Waals surface area contributed by atoms with Gasteiger partial charge in [-0.1, -0.05) is 12.2 Å². The van der Waals surface area contributed by atoms with Crippen LogP contribution in [0.15, 0.2) is 23.3 Å². The van der Waals surface area contributed by atoms with Crippen LogP contribution in [0.1, 0.15) is 25.7 Å². The molecule has 4 rings (SSSR count). The van der Waals surface area contributed by atoms with Crippen molar-refractivity contribution in [2.75, 3.05) is 18.1 Å². The smallest absolute Gasteiger partial charge is 0.0828 e. The van der Waals surface area contributed by atoms with Crippen molar-refractivity contribution >= 4 is 23.5 Å². The molecule has 3 fully saturated rings. The Hall–Kier alpha value is 0.140. The van der Waals surface area contributed by atoms with Gasteiger partial charge in [-0.05, 0) is 48.3 Å². The molecule has 0 aromatic heterocycles. The summed E-state index contributed by atoms with van der Waals surface area (Å²) in [6.45, 7) is 0.901. The molecule has 1 nitrogen and oxygen atoms in total. The normalized spacial score (nSPS) is 38.6. The second kappa shape index (κ2) is 4.07. The second-order valence-electron chi connectivity index (χ2n) is 5.34. The summed E-state index contributed by atoms with van der Waals surface area (Å²) >= 11 is 4.43. The summed E-state index contributed by atoms with van der Waals surface area (Å²) in [5.74, 6) is 3.35. The second-order valence-corrected chi connectivity index (χ2v) is 8.39. The Bertz CT molecular complexity index is 393. The van der Waals surface area contributed by atoms with Crippen molar-refractivity contribution in [1.82, 2.24) is 0 Å². The summed E-state index contributed by atoms with van der Waals surface area (Å²) in [6, 6.07) is 0. The lowest BCUT2D eigenvalue weighted by Crippen LogP contribution is -2.41. The molecule has 92 valence electrons. The molecule has 1 spiro atoms. The zero-order chi connectivity index (χ0) is 11.3. The fourth-order valence-electron chi connectivity index (χ4n) is 3.68. The van der Waals surface area contributed by atoms with E-state index in [1.54, 1.807) is 11.1 Å². The van der Waals surface area contributed by atoms with Crippen molar-refractivity contribution in [2.45, 2.75) is 35.9 Å². The van der Waals surface area contributed by atoms with Gasteiger partial charge in [-0.25, -0.2) is 0 Å². The third-order valence-electron chi connectivity index (χ3n) is 4.45. The standard InChI is InChI=1S/C14H18OS2/c1-3-10-9-15-12-5-6-14(11(4-1)13(10)12)16-7-2-8-17-14/h3-4,12-13H,1-2,5-9H2/t12-,13+/m1/s1. The van der Waals surface area contributed by atoms with E-state index in [9.17, 15) is 0 Å². The maximum absolute atomic E-state index is 5.98. The van der Waals surface area contributed by atoms with Gasteiger partial charge in [-0.2, -0.15) is 0 Å². The predicted molar refractivity (Wildman–Crippen MR) is 75.5 cm³/mol. The lowest BCUT2D eigenvalue weighted by molar-refractivity contribution is 0.0797. The van der Waals surface area contributed by atoms with E-state index in [4.69, 9.17) is 4.74 Å². The van der Waals surface area contributed by atoms with Crippen LogP contribution in [0.25, 0.3) is 0 Å². The van der Waals surface area contributed by atoms with Crippen molar-refractivity contribution < 1.29 is 4.74 Å². The SMILES string of the molecule is C1=C2CO[C@@H]3CCC4(SCCCS4)C(=CC1)[C@H]23. The summed E-state index contributed by atoms with van der Waals surface area (Å²) < 4.78 is 6.40. The summed E-state index contributed by atoms with van der Waals surface area (Å²) in [5, 5.41) is 0. The van der Waals surface area contributed by atoms with E-state index in [1.165, 1.54) is 30.8 Å². The van der Waals surface area contributed by atoms with Crippen LogP contribution in [0.3, 0.4) is 0 Å². The Morgan fingerprint density at radius 3 is 3.00 bits per heavy atom. The van der Waals surface area contributed by atoms with Crippen molar-refractivity contribution in [3.63, 3.8) is 0 Å². The Balaban J connectivity index is 1.73. The Labute approximate surface area is 111 Å². The van der Waals surface area contributed by atoms with Crippen LogP contribution < -0.4 is 0 Å². The summed E-state index contributed by atoms with van der Waals surface area (Å²) in [7, 11) is 0. The Kier molecular flexibility index (Phi) is 2.64.